The van der Waals surface area contributed by atoms with Gasteiger partial charge in [0.2, 0.25) is 0 Å². The van der Waals surface area contributed by atoms with Gasteiger partial charge in [0.25, 0.3) is 17.5 Å². The molecule has 3 aromatic rings. The number of hydrogen-bond acceptors (Lipinski definition) is 7. The molecule has 39 heavy (non-hydrogen) atoms. The van der Waals surface area contributed by atoms with Crippen molar-refractivity contribution in [1.82, 2.24) is 5.32 Å². The Hall–Kier alpha value is -4.51. The van der Waals surface area contributed by atoms with Gasteiger partial charge in [-0.2, -0.15) is 0 Å². The maximum Gasteiger partial charge on any atom is 0.335 e. The molecule has 1 aliphatic heterocycles. The second kappa shape index (κ2) is 11.5. The molecule has 0 aromatic heterocycles. The number of nitro benzene ring substituents is 1. The van der Waals surface area contributed by atoms with Crippen molar-refractivity contribution in [2.24, 2.45) is 0 Å². The zero-order chi connectivity index (χ0) is 28.3. The number of carbonyl (C=O) groups is 3. The number of ether oxygens (including phenoxy) is 2. The average Bonchev–Trinajstić information content (AvgIpc) is 2.88. The van der Waals surface area contributed by atoms with Crippen molar-refractivity contribution in [1.29, 1.82) is 0 Å². The lowest BCUT2D eigenvalue weighted by Crippen LogP contribution is -2.54. The van der Waals surface area contributed by atoms with Crippen molar-refractivity contribution in [3.05, 3.63) is 97.0 Å². The van der Waals surface area contributed by atoms with E-state index in [0.29, 0.717) is 45.0 Å². The minimum atomic E-state index is -0.822. The molecule has 200 valence electrons. The maximum absolute atomic E-state index is 13.4. The van der Waals surface area contributed by atoms with Crippen LogP contribution in [0.15, 0.2) is 64.6 Å². The molecule has 4 amide bonds. The summed E-state index contributed by atoms with van der Waals surface area (Å²) in [7, 11) is 0. The highest BCUT2D eigenvalue weighted by Gasteiger charge is 2.37. The van der Waals surface area contributed by atoms with Gasteiger partial charge in [0.05, 0.1) is 21.7 Å². The summed E-state index contributed by atoms with van der Waals surface area (Å²) in [6, 6.07) is 13.9. The van der Waals surface area contributed by atoms with E-state index in [9.17, 15) is 24.5 Å². The minimum absolute atomic E-state index is 0.0363. The van der Waals surface area contributed by atoms with Crippen molar-refractivity contribution in [2.75, 3.05) is 11.5 Å². The Bertz CT molecular complexity index is 1530. The van der Waals surface area contributed by atoms with Crippen LogP contribution in [0.3, 0.4) is 0 Å². The third-order valence-electron chi connectivity index (χ3n) is 5.85. The largest absolute Gasteiger partial charge is 0.490 e. The molecule has 0 radical (unpaired) electrons. The molecule has 10 nitrogen and oxygen atoms in total. The molecule has 3 aromatic carbocycles. The third-order valence-corrected chi connectivity index (χ3v) is 6.44. The lowest BCUT2D eigenvalue weighted by molar-refractivity contribution is -0.384. The number of rotatable bonds is 8. The van der Waals surface area contributed by atoms with Gasteiger partial charge in [0, 0.05) is 12.1 Å². The van der Waals surface area contributed by atoms with Gasteiger partial charge < -0.3 is 9.47 Å². The van der Waals surface area contributed by atoms with Crippen LogP contribution in [0.25, 0.3) is 6.08 Å². The van der Waals surface area contributed by atoms with Crippen LogP contribution in [0.1, 0.15) is 29.2 Å². The number of nitrogens with zero attached hydrogens (tertiary/aromatic N) is 2. The topological polar surface area (TPSA) is 128 Å². The van der Waals surface area contributed by atoms with E-state index < -0.39 is 22.8 Å². The van der Waals surface area contributed by atoms with Gasteiger partial charge in [0.1, 0.15) is 12.2 Å². The molecule has 4 rings (SSSR count). The van der Waals surface area contributed by atoms with Gasteiger partial charge in [-0.3, -0.25) is 25.0 Å². The van der Waals surface area contributed by atoms with E-state index in [-0.39, 0.29) is 17.9 Å². The van der Waals surface area contributed by atoms with E-state index >= 15 is 0 Å². The number of amides is 4. The standard InChI is InChI=1S/C28H24BrN3O7/c1-4-38-24-14-19(13-22(29)25(24)39-15-18-6-5-7-20(11-18)32(36)37)12-21-26(33)30-28(35)31(27(21)34)23-10-16(2)8-9-17(23)3/h5-14H,4,15H2,1-3H3,(H,30,33,35)/b21-12+. The highest BCUT2D eigenvalue weighted by atomic mass is 79.9. The second-order valence-electron chi connectivity index (χ2n) is 8.73. The van der Waals surface area contributed by atoms with Crippen LogP contribution >= 0.6 is 15.9 Å². The molecule has 0 saturated carbocycles. The lowest BCUT2D eigenvalue weighted by atomic mass is 10.0. The van der Waals surface area contributed by atoms with Crippen molar-refractivity contribution in [3.8, 4) is 11.5 Å². The Kier molecular flexibility index (Phi) is 8.10. The number of nitrogens with one attached hydrogen (secondary N) is 1. The summed E-state index contributed by atoms with van der Waals surface area (Å²) in [5.41, 5.74) is 2.69. The van der Waals surface area contributed by atoms with E-state index in [1.165, 1.54) is 18.2 Å². The number of barbiturate groups is 1. The van der Waals surface area contributed by atoms with Crippen LogP contribution in [-0.4, -0.2) is 29.4 Å². The number of non-ortho nitro benzene ring substituents is 1. The van der Waals surface area contributed by atoms with Crippen LogP contribution in [-0.2, 0) is 16.2 Å². The first-order chi connectivity index (χ1) is 18.6. The molecule has 1 fully saturated rings. The molecule has 0 aliphatic carbocycles. The number of carbonyl (C=O) groups excluding carboxylic acids is 3. The molecule has 0 unspecified atom stereocenters. The fraction of sp³-hybridized carbons (Fsp3) is 0.179. The Morgan fingerprint density at radius 2 is 1.82 bits per heavy atom. The number of halogens is 1. The highest BCUT2D eigenvalue weighted by molar-refractivity contribution is 9.10. The molecule has 11 heteroatoms. The quantitative estimate of drug-likeness (QED) is 0.155. The zero-order valence-corrected chi connectivity index (χ0v) is 22.9. The van der Waals surface area contributed by atoms with Gasteiger partial charge in [-0.05, 0) is 83.2 Å². The first-order valence-corrected chi connectivity index (χ1v) is 12.7. The first-order valence-electron chi connectivity index (χ1n) is 11.9. The third kappa shape index (κ3) is 5.99. The Morgan fingerprint density at radius 1 is 1.05 bits per heavy atom. The van der Waals surface area contributed by atoms with E-state index in [1.54, 1.807) is 50.2 Å². The number of hydrogen-bond donors (Lipinski definition) is 1. The molecule has 0 atom stereocenters. The van der Waals surface area contributed by atoms with E-state index in [2.05, 4.69) is 21.2 Å². The fourth-order valence-corrected chi connectivity index (χ4v) is 4.57. The molecular formula is C28H24BrN3O7. The molecule has 1 N–H and O–H groups in total. The number of imide groups is 2. The molecule has 1 heterocycles. The average molecular weight is 594 g/mol. The number of anilines is 1. The van der Waals surface area contributed by atoms with E-state index in [0.717, 1.165) is 10.5 Å². The zero-order valence-electron chi connectivity index (χ0n) is 21.3. The Morgan fingerprint density at radius 3 is 2.54 bits per heavy atom. The predicted molar refractivity (Wildman–Crippen MR) is 148 cm³/mol. The normalized spacial score (nSPS) is 14.4. The summed E-state index contributed by atoms with van der Waals surface area (Å²) in [6.07, 6.45) is 1.37. The molecule has 1 saturated heterocycles. The Labute approximate surface area is 232 Å². The Balaban J connectivity index is 1.67. The van der Waals surface area contributed by atoms with E-state index in [4.69, 9.17) is 9.47 Å². The van der Waals surface area contributed by atoms with E-state index in [1.807, 2.05) is 13.0 Å². The predicted octanol–water partition coefficient (Wildman–Crippen LogP) is 5.62. The van der Waals surface area contributed by atoms with Crippen molar-refractivity contribution in [2.45, 2.75) is 27.4 Å². The number of benzene rings is 3. The van der Waals surface area contributed by atoms with Crippen LogP contribution < -0.4 is 19.7 Å². The summed E-state index contributed by atoms with van der Waals surface area (Å²) in [5, 5.41) is 13.3. The summed E-state index contributed by atoms with van der Waals surface area (Å²) < 4.78 is 12.1. The number of urea groups is 1. The smallest absolute Gasteiger partial charge is 0.335 e. The second-order valence-corrected chi connectivity index (χ2v) is 9.58. The van der Waals surface area contributed by atoms with Crippen molar-refractivity contribution < 1.29 is 28.8 Å². The van der Waals surface area contributed by atoms with Crippen LogP contribution in [0, 0.1) is 24.0 Å². The van der Waals surface area contributed by atoms with Gasteiger partial charge in [-0.15, -0.1) is 0 Å². The molecule has 1 aliphatic rings. The van der Waals surface area contributed by atoms with Crippen molar-refractivity contribution in [3.63, 3.8) is 0 Å². The SMILES string of the molecule is CCOc1cc(/C=C2\C(=O)NC(=O)N(c3cc(C)ccc3C)C2=O)cc(Br)c1OCc1cccc([N+](=O)[O-])c1. The van der Waals surface area contributed by atoms with Gasteiger partial charge >= 0.3 is 6.03 Å². The number of nitro groups is 1. The molecule has 0 bridgehead atoms. The summed E-state index contributed by atoms with van der Waals surface area (Å²) >= 11 is 3.46. The molecular weight excluding hydrogens is 570 g/mol. The first kappa shape index (κ1) is 27.5. The van der Waals surface area contributed by atoms with Crippen LogP contribution in [0.4, 0.5) is 16.2 Å². The van der Waals surface area contributed by atoms with Crippen molar-refractivity contribution >= 4 is 51.2 Å². The van der Waals surface area contributed by atoms with Gasteiger partial charge in [0.15, 0.2) is 11.5 Å². The minimum Gasteiger partial charge on any atom is -0.490 e. The van der Waals surface area contributed by atoms with Crippen LogP contribution in [0.2, 0.25) is 0 Å². The maximum atomic E-state index is 13.4. The van der Waals surface area contributed by atoms with Gasteiger partial charge in [-0.25, -0.2) is 9.69 Å². The number of aryl methyl sites for hydroxylation is 2. The molecule has 0 spiro atoms. The fourth-order valence-electron chi connectivity index (χ4n) is 3.99. The summed E-state index contributed by atoms with van der Waals surface area (Å²) in [6.45, 7) is 5.73. The summed E-state index contributed by atoms with van der Waals surface area (Å²) in [5.74, 6) is -0.892. The summed E-state index contributed by atoms with van der Waals surface area (Å²) in [4.78, 5) is 50.2. The lowest BCUT2D eigenvalue weighted by Gasteiger charge is -2.28. The highest BCUT2D eigenvalue weighted by Crippen LogP contribution is 2.38. The monoisotopic (exact) mass is 593 g/mol. The van der Waals surface area contributed by atoms with Gasteiger partial charge in [-0.1, -0.05) is 24.3 Å². The van der Waals surface area contributed by atoms with Crippen LogP contribution in [0.5, 0.6) is 11.5 Å².